The predicted molar refractivity (Wildman–Crippen MR) is 63.7 cm³/mol. The average Bonchev–Trinajstić information content (AvgIpc) is 3.15. The molecule has 0 aromatic rings. The zero-order valence-corrected chi connectivity index (χ0v) is 10.0. The van der Waals surface area contributed by atoms with Gasteiger partial charge in [-0.15, -0.1) is 0 Å². The van der Waals surface area contributed by atoms with E-state index < -0.39 is 0 Å². The lowest BCUT2D eigenvalue weighted by Crippen LogP contribution is -2.35. The van der Waals surface area contributed by atoms with Gasteiger partial charge in [-0.25, -0.2) is 0 Å². The van der Waals surface area contributed by atoms with Gasteiger partial charge in [0.25, 0.3) is 0 Å². The first-order chi connectivity index (χ1) is 7.36. The van der Waals surface area contributed by atoms with Crippen molar-refractivity contribution in [2.45, 2.75) is 57.9 Å². The van der Waals surface area contributed by atoms with Crippen LogP contribution in [0.1, 0.15) is 51.9 Å². The highest BCUT2D eigenvalue weighted by molar-refractivity contribution is 4.99. The van der Waals surface area contributed by atoms with Gasteiger partial charge in [-0.05, 0) is 62.3 Å². The summed E-state index contributed by atoms with van der Waals surface area (Å²) in [5, 5.41) is 3.75. The van der Waals surface area contributed by atoms with Crippen LogP contribution >= 0.6 is 0 Å². The molecule has 3 saturated carbocycles. The van der Waals surface area contributed by atoms with E-state index in [-0.39, 0.29) is 0 Å². The minimum atomic E-state index is 0.864. The molecule has 3 unspecified atom stereocenters. The highest BCUT2D eigenvalue weighted by atomic mass is 14.9. The molecule has 0 saturated heterocycles. The molecule has 0 aromatic carbocycles. The van der Waals surface area contributed by atoms with Crippen molar-refractivity contribution in [2.75, 3.05) is 6.54 Å². The van der Waals surface area contributed by atoms with E-state index in [1.54, 1.807) is 19.3 Å². The van der Waals surface area contributed by atoms with Crippen molar-refractivity contribution in [3.8, 4) is 0 Å². The van der Waals surface area contributed by atoms with Gasteiger partial charge in [0.05, 0.1) is 0 Å². The molecule has 0 aliphatic heterocycles. The van der Waals surface area contributed by atoms with Crippen LogP contribution in [0.3, 0.4) is 0 Å². The molecule has 0 bridgehead atoms. The third kappa shape index (κ3) is 2.38. The predicted octanol–water partition coefficient (Wildman–Crippen LogP) is 3.20. The molecule has 3 aliphatic carbocycles. The van der Waals surface area contributed by atoms with Gasteiger partial charge in [0, 0.05) is 6.04 Å². The molecule has 3 fully saturated rings. The molecule has 3 rings (SSSR count). The summed E-state index contributed by atoms with van der Waals surface area (Å²) < 4.78 is 0. The average molecular weight is 207 g/mol. The molecule has 3 atom stereocenters. The fraction of sp³-hybridized carbons (Fsp3) is 1.00. The standard InChI is InChI=1S/C14H25N/c1-2-15-14(6-5-10-3-4-10)13-8-11-7-12(11)9-13/h10-15H,2-9H2,1H3. The van der Waals surface area contributed by atoms with Gasteiger partial charge in [0.1, 0.15) is 0 Å². The molecule has 86 valence electrons. The first kappa shape index (κ1) is 10.1. The first-order valence-electron chi connectivity index (χ1n) is 7.10. The van der Waals surface area contributed by atoms with Crippen LogP contribution in [0.15, 0.2) is 0 Å². The quantitative estimate of drug-likeness (QED) is 0.705. The molecular formula is C14H25N. The molecular weight excluding hydrogens is 182 g/mol. The second-order valence-corrected chi connectivity index (χ2v) is 6.17. The Hall–Kier alpha value is -0.0400. The zero-order valence-electron chi connectivity index (χ0n) is 10.0. The Morgan fingerprint density at radius 3 is 2.47 bits per heavy atom. The van der Waals surface area contributed by atoms with E-state index in [1.165, 1.54) is 32.2 Å². The molecule has 0 spiro atoms. The molecule has 15 heavy (non-hydrogen) atoms. The van der Waals surface area contributed by atoms with Crippen LogP contribution < -0.4 is 5.32 Å². The number of nitrogens with one attached hydrogen (secondary N) is 1. The Balaban J connectivity index is 1.47. The van der Waals surface area contributed by atoms with Crippen molar-refractivity contribution in [3.05, 3.63) is 0 Å². The summed E-state index contributed by atoms with van der Waals surface area (Å²) >= 11 is 0. The Labute approximate surface area is 94.0 Å². The van der Waals surface area contributed by atoms with Crippen LogP contribution in [0.5, 0.6) is 0 Å². The molecule has 1 heteroatoms. The molecule has 1 N–H and O–H groups in total. The van der Waals surface area contributed by atoms with Crippen LogP contribution in [0.2, 0.25) is 0 Å². The van der Waals surface area contributed by atoms with Crippen molar-refractivity contribution in [1.29, 1.82) is 0 Å². The van der Waals surface area contributed by atoms with E-state index in [4.69, 9.17) is 0 Å². The fourth-order valence-corrected chi connectivity index (χ4v) is 3.68. The van der Waals surface area contributed by atoms with Gasteiger partial charge in [-0.1, -0.05) is 19.8 Å². The maximum absolute atomic E-state index is 3.75. The second kappa shape index (κ2) is 4.08. The first-order valence-corrected chi connectivity index (χ1v) is 7.10. The van der Waals surface area contributed by atoms with Crippen LogP contribution in [0.25, 0.3) is 0 Å². The summed E-state index contributed by atoms with van der Waals surface area (Å²) in [5.41, 5.74) is 0. The van der Waals surface area contributed by atoms with E-state index in [1.807, 2.05) is 0 Å². The number of hydrogen-bond donors (Lipinski definition) is 1. The van der Waals surface area contributed by atoms with Crippen molar-refractivity contribution in [3.63, 3.8) is 0 Å². The normalized spacial score (nSPS) is 40.2. The van der Waals surface area contributed by atoms with Gasteiger partial charge < -0.3 is 5.32 Å². The summed E-state index contributed by atoms with van der Waals surface area (Å²) in [6.07, 6.45) is 10.7. The van der Waals surface area contributed by atoms with Crippen LogP contribution in [-0.2, 0) is 0 Å². The molecule has 1 nitrogen and oxygen atoms in total. The monoisotopic (exact) mass is 207 g/mol. The smallest absolute Gasteiger partial charge is 0.00955 e. The van der Waals surface area contributed by atoms with E-state index in [9.17, 15) is 0 Å². The van der Waals surface area contributed by atoms with E-state index in [2.05, 4.69) is 12.2 Å². The Bertz CT molecular complexity index is 211. The van der Waals surface area contributed by atoms with E-state index >= 15 is 0 Å². The van der Waals surface area contributed by atoms with Crippen molar-refractivity contribution in [1.82, 2.24) is 5.32 Å². The van der Waals surface area contributed by atoms with Gasteiger partial charge in [-0.2, -0.15) is 0 Å². The van der Waals surface area contributed by atoms with Crippen LogP contribution in [0, 0.1) is 23.7 Å². The lowest BCUT2D eigenvalue weighted by molar-refractivity contribution is 0.313. The maximum atomic E-state index is 3.75. The lowest BCUT2D eigenvalue weighted by Gasteiger charge is -2.25. The number of hydrogen-bond acceptors (Lipinski definition) is 1. The third-order valence-corrected chi connectivity index (χ3v) is 4.90. The highest BCUT2D eigenvalue weighted by Crippen LogP contribution is 2.55. The topological polar surface area (TPSA) is 12.0 Å². The number of rotatable bonds is 6. The third-order valence-electron chi connectivity index (χ3n) is 4.90. The van der Waals surface area contributed by atoms with Crippen molar-refractivity contribution < 1.29 is 0 Å². The largest absolute Gasteiger partial charge is 0.314 e. The van der Waals surface area contributed by atoms with Gasteiger partial charge in [-0.3, -0.25) is 0 Å². The van der Waals surface area contributed by atoms with Crippen LogP contribution in [-0.4, -0.2) is 12.6 Å². The summed E-state index contributed by atoms with van der Waals surface area (Å²) in [5.74, 6) is 4.45. The maximum Gasteiger partial charge on any atom is 0.00955 e. The van der Waals surface area contributed by atoms with Gasteiger partial charge >= 0.3 is 0 Å². The van der Waals surface area contributed by atoms with Crippen molar-refractivity contribution >= 4 is 0 Å². The van der Waals surface area contributed by atoms with Gasteiger partial charge in [0.15, 0.2) is 0 Å². The lowest BCUT2D eigenvalue weighted by atomic mass is 9.90. The zero-order chi connectivity index (χ0) is 10.3. The molecule has 0 amide bonds. The summed E-state index contributed by atoms with van der Waals surface area (Å²) in [7, 11) is 0. The minimum Gasteiger partial charge on any atom is -0.314 e. The highest BCUT2D eigenvalue weighted by Gasteiger charge is 2.47. The van der Waals surface area contributed by atoms with E-state index in [0.29, 0.717) is 0 Å². The summed E-state index contributed by atoms with van der Waals surface area (Å²) in [4.78, 5) is 0. The molecule has 0 aromatic heterocycles. The molecule has 0 heterocycles. The van der Waals surface area contributed by atoms with E-state index in [0.717, 1.165) is 29.7 Å². The number of fused-ring (bicyclic) bond motifs is 1. The Morgan fingerprint density at radius 1 is 1.13 bits per heavy atom. The second-order valence-electron chi connectivity index (χ2n) is 6.17. The SMILES string of the molecule is CCNC(CCC1CC1)C1CC2CC2C1. The minimum absolute atomic E-state index is 0.864. The van der Waals surface area contributed by atoms with Crippen molar-refractivity contribution in [2.24, 2.45) is 23.7 Å². The molecule has 0 radical (unpaired) electrons. The fourth-order valence-electron chi connectivity index (χ4n) is 3.68. The molecule has 3 aliphatic rings. The van der Waals surface area contributed by atoms with Crippen LogP contribution in [0.4, 0.5) is 0 Å². The summed E-state index contributed by atoms with van der Waals surface area (Å²) in [6.45, 7) is 3.43. The van der Waals surface area contributed by atoms with Gasteiger partial charge in [0.2, 0.25) is 0 Å². The Morgan fingerprint density at radius 2 is 1.87 bits per heavy atom. The summed E-state index contributed by atoms with van der Waals surface area (Å²) in [6, 6.07) is 0.864. The Kier molecular flexibility index (Phi) is 2.76.